The molecule has 4 heterocycles. The van der Waals surface area contributed by atoms with Crippen LogP contribution in [0, 0.1) is 17.8 Å². The molecule has 9 rings (SSSR count). The standard InChI is InChI=1S/C48H47N3O5/c52-37-26-24-36(25-27-37)44-48(38-31-33(23-28-39(38)49-47(48)55)22-21-32-15-7-4-8-16-32)40(45(53)50-29-13-2-1-3-14-30-50)42-46(54)56-43(35-19-11-6-12-20-35)41(51(42)44)34-17-9-5-10-18-34/h5-6,9-12,15,17-20,23-28,31,40-44,52H,1-4,7-8,13-14,16,29-30H2,(H,49,55)/t40-,41-,42-,43+,44+,48-/m1/s1. The predicted octanol–water partition coefficient (Wildman–Crippen LogP) is 8.31. The molecule has 0 saturated carbocycles. The third kappa shape index (κ3) is 6.19. The first kappa shape index (κ1) is 36.0. The van der Waals surface area contributed by atoms with Crippen molar-refractivity contribution in [2.24, 2.45) is 5.92 Å². The molecular weight excluding hydrogens is 699 g/mol. The Hall–Kier alpha value is -5.65. The summed E-state index contributed by atoms with van der Waals surface area (Å²) in [5.74, 6) is 4.67. The van der Waals surface area contributed by atoms with Gasteiger partial charge in [0.05, 0.1) is 18.0 Å². The quantitative estimate of drug-likeness (QED) is 0.161. The summed E-state index contributed by atoms with van der Waals surface area (Å²) in [6, 6.07) is 29.9. The van der Waals surface area contributed by atoms with Gasteiger partial charge in [-0.05, 0) is 96.7 Å². The van der Waals surface area contributed by atoms with Gasteiger partial charge in [-0.1, -0.05) is 110 Å². The van der Waals surface area contributed by atoms with E-state index in [1.807, 2.05) is 95.9 Å². The van der Waals surface area contributed by atoms with Gasteiger partial charge in [-0.2, -0.15) is 0 Å². The van der Waals surface area contributed by atoms with E-state index in [1.165, 1.54) is 6.42 Å². The van der Waals surface area contributed by atoms with Crippen molar-refractivity contribution < 1.29 is 24.2 Å². The molecule has 4 aromatic carbocycles. The van der Waals surface area contributed by atoms with Crippen molar-refractivity contribution in [1.82, 2.24) is 9.80 Å². The molecule has 0 unspecified atom stereocenters. The van der Waals surface area contributed by atoms with E-state index in [4.69, 9.17) is 4.74 Å². The maximum atomic E-state index is 15.7. The van der Waals surface area contributed by atoms with Gasteiger partial charge in [0.1, 0.15) is 23.3 Å². The number of carbonyl (C=O) groups is 3. The highest BCUT2D eigenvalue weighted by Gasteiger charge is 2.74. The van der Waals surface area contributed by atoms with E-state index >= 15 is 14.4 Å². The molecule has 2 N–H and O–H groups in total. The van der Waals surface area contributed by atoms with Gasteiger partial charge < -0.3 is 20.1 Å². The average molecular weight is 746 g/mol. The highest BCUT2D eigenvalue weighted by atomic mass is 16.6. The molecule has 4 aliphatic heterocycles. The van der Waals surface area contributed by atoms with Gasteiger partial charge >= 0.3 is 5.97 Å². The van der Waals surface area contributed by atoms with E-state index in [1.54, 1.807) is 12.1 Å². The number of esters is 1. The van der Waals surface area contributed by atoms with Crippen LogP contribution in [-0.2, 0) is 24.5 Å². The zero-order valence-corrected chi connectivity index (χ0v) is 31.5. The predicted molar refractivity (Wildman–Crippen MR) is 214 cm³/mol. The van der Waals surface area contributed by atoms with E-state index in [0.717, 1.165) is 73.6 Å². The zero-order valence-electron chi connectivity index (χ0n) is 31.5. The number of aromatic hydroxyl groups is 1. The normalized spacial score (nSPS) is 27.5. The lowest BCUT2D eigenvalue weighted by Gasteiger charge is -2.46. The minimum absolute atomic E-state index is 0.0799. The summed E-state index contributed by atoms with van der Waals surface area (Å²) in [6.45, 7) is 1.11. The lowest BCUT2D eigenvalue weighted by atomic mass is 9.65. The van der Waals surface area contributed by atoms with Crippen LogP contribution in [0.1, 0.15) is 104 Å². The number of amides is 2. The number of hydrogen-bond donors (Lipinski definition) is 2. The van der Waals surface area contributed by atoms with Crippen molar-refractivity contribution in [2.75, 3.05) is 18.4 Å². The third-order valence-electron chi connectivity index (χ3n) is 12.6. The number of carbonyl (C=O) groups excluding carboxylic acids is 3. The van der Waals surface area contributed by atoms with Crippen LogP contribution in [0.5, 0.6) is 5.75 Å². The summed E-state index contributed by atoms with van der Waals surface area (Å²) < 4.78 is 6.57. The third-order valence-corrected chi connectivity index (χ3v) is 12.6. The molecule has 284 valence electrons. The monoisotopic (exact) mass is 745 g/mol. The van der Waals surface area contributed by atoms with Gasteiger partial charge in [-0.15, -0.1) is 0 Å². The maximum absolute atomic E-state index is 15.7. The number of cyclic esters (lactones) is 1. The van der Waals surface area contributed by atoms with Crippen LogP contribution in [0.2, 0.25) is 0 Å². The van der Waals surface area contributed by atoms with Crippen LogP contribution < -0.4 is 5.32 Å². The van der Waals surface area contributed by atoms with Crippen LogP contribution >= 0.6 is 0 Å². The van der Waals surface area contributed by atoms with E-state index < -0.39 is 41.5 Å². The molecule has 3 fully saturated rings. The van der Waals surface area contributed by atoms with Gasteiger partial charge in [-0.3, -0.25) is 19.3 Å². The number of likely N-dealkylation sites (tertiary alicyclic amines) is 1. The van der Waals surface area contributed by atoms with Crippen LogP contribution in [-0.4, -0.2) is 51.8 Å². The Morgan fingerprint density at radius 1 is 0.750 bits per heavy atom. The summed E-state index contributed by atoms with van der Waals surface area (Å²) in [5.41, 5.74) is 3.98. The number of nitrogens with zero attached hydrogens (tertiary/aromatic N) is 2. The van der Waals surface area contributed by atoms with Crippen molar-refractivity contribution in [2.45, 2.75) is 87.4 Å². The van der Waals surface area contributed by atoms with Crippen LogP contribution in [0.15, 0.2) is 115 Å². The molecule has 4 aromatic rings. The molecule has 5 aliphatic rings. The molecule has 8 heteroatoms. The molecule has 8 nitrogen and oxygen atoms in total. The molecule has 0 radical (unpaired) electrons. The number of phenols is 1. The molecular formula is C48H47N3O5. The number of morpholine rings is 1. The lowest BCUT2D eigenvalue weighted by molar-refractivity contribution is -0.179. The number of anilines is 1. The van der Waals surface area contributed by atoms with Crippen molar-refractivity contribution in [1.29, 1.82) is 0 Å². The fraction of sp³-hybridized carbons (Fsp3) is 0.354. The number of allylic oxidation sites excluding steroid dienone is 2. The average Bonchev–Trinajstić information content (AvgIpc) is 3.69. The molecule has 0 bridgehead atoms. The number of phenolic OH excluding ortho intramolecular Hbond substituents is 1. The molecule has 3 saturated heterocycles. The molecule has 2 amide bonds. The molecule has 0 aromatic heterocycles. The van der Waals surface area contributed by atoms with E-state index in [-0.39, 0.29) is 17.6 Å². The Morgan fingerprint density at radius 3 is 2.14 bits per heavy atom. The maximum Gasteiger partial charge on any atom is 0.324 e. The summed E-state index contributed by atoms with van der Waals surface area (Å²) in [5, 5.41) is 13.8. The highest BCUT2D eigenvalue weighted by molar-refractivity contribution is 6.12. The van der Waals surface area contributed by atoms with E-state index in [2.05, 4.69) is 28.1 Å². The SMILES string of the molecule is O=C1O[C@@H](c2ccccc2)[C@@H](c2ccccc2)N2[C@@H](c3ccc(O)cc3)[C@]3(C(=O)Nc4ccc(C#CC5=CCCCC5)cc43)[C@@H](C(=O)N3CCCCCCC3)[C@H]12. The topological polar surface area (TPSA) is 99.2 Å². The molecule has 6 atom stereocenters. The number of nitrogens with one attached hydrogen (secondary N) is 1. The number of hydrogen-bond acceptors (Lipinski definition) is 6. The number of rotatable bonds is 4. The molecule has 1 aliphatic carbocycles. The van der Waals surface area contributed by atoms with Crippen LogP contribution in [0.4, 0.5) is 5.69 Å². The second kappa shape index (κ2) is 15.1. The second-order valence-corrected chi connectivity index (χ2v) is 15.9. The second-order valence-electron chi connectivity index (χ2n) is 15.9. The van der Waals surface area contributed by atoms with Crippen molar-refractivity contribution in [3.8, 4) is 17.6 Å². The molecule has 1 spiro atoms. The summed E-state index contributed by atoms with van der Waals surface area (Å²) in [4.78, 5) is 50.2. The number of fused-ring (bicyclic) bond motifs is 3. The van der Waals surface area contributed by atoms with Crippen LogP contribution in [0.25, 0.3) is 0 Å². The van der Waals surface area contributed by atoms with Crippen LogP contribution in [0.3, 0.4) is 0 Å². The van der Waals surface area contributed by atoms with E-state index in [0.29, 0.717) is 29.9 Å². The fourth-order valence-corrected chi connectivity index (χ4v) is 10.1. The Balaban J connectivity index is 1.31. The van der Waals surface area contributed by atoms with Gasteiger partial charge in [0.2, 0.25) is 11.8 Å². The fourth-order valence-electron chi connectivity index (χ4n) is 10.1. The first-order chi connectivity index (χ1) is 27.4. The lowest BCUT2D eigenvalue weighted by Crippen LogP contribution is -2.55. The molecule has 56 heavy (non-hydrogen) atoms. The Kier molecular flexibility index (Phi) is 9.72. The van der Waals surface area contributed by atoms with Crippen molar-refractivity contribution in [3.63, 3.8) is 0 Å². The first-order valence-electron chi connectivity index (χ1n) is 20.3. The highest BCUT2D eigenvalue weighted by Crippen LogP contribution is 2.65. The van der Waals surface area contributed by atoms with Gasteiger partial charge in [-0.25, -0.2) is 0 Å². The first-order valence-corrected chi connectivity index (χ1v) is 20.3. The van der Waals surface area contributed by atoms with E-state index in [9.17, 15) is 5.11 Å². The van der Waals surface area contributed by atoms with Crippen molar-refractivity contribution >= 4 is 23.5 Å². The summed E-state index contributed by atoms with van der Waals surface area (Å²) in [7, 11) is 0. The largest absolute Gasteiger partial charge is 0.508 e. The minimum atomic E-state index is -1.56. The Bertz CT molecular complexity index is 2220. The van der Waals surface area contributed by atoms with Gasteiger partial charge in [0, 0.05) is 24.3 Å². The smallest absolute Gasteiger partial charge is 0.324 e. The van der Waals surface area contributed by atoms with Gasteiger partial charge in [0.15, 0.2) is 0 Å². The number of ether oxygens (including phenoxy) is 1. The summed E-state index contributed by atoms with van der Waals surface area (Å²) in [6.07, 6.45) is 10.6. The minimum Gasteiger partial charge on any atom is -0.508 e. The Morgan fingerprint density at radius 2 is 1.45 bits per heavy atom. The zero-order chi connectivity index (χ0) is 38.2. The summed E-state index contributed by atoms with van der Waals surface area (Å²) >= 11 is 0. The van der Waals surface area contributed by atoms with Crippen molar-refractivity contribution in [3.05, 3.63) is 143 Å². The number of benzene rings is 4. The Labute approximate surface area is 328 Å². The van der Waals surface area contributed by atoms with Gasteiger partial charge in [0.25, 0.3) is 0 Å².